The van der Waals surface area contributed by atoms with Gasteiger partial charge in [0.05, 0.1) is 7.11 Å². The fourth-order valence-electron chi connectivity index (χ4n) is 4.11. The maximum absolute atomic E-state index is 11.5. The van der Waals surface area contributed by atoms with Crippen LogP contribution in [-0.4, -0.2) is 23.6 Å². The van der Waals surface area contributed by atoms with Crippen LogP contribution < -0.4 is 10.1 Å². The highest BCUT2D eigenvalue weighted by Gasteiger charge is 2.26. The van der Waals surface area contributed by atoms with E-state index in [9.17, 15) is 4.79 Å². The van der Waals surface area contributed by atoms with Crippen LogP contribution in [0.15, 0.2) is 48.5 Å². The summed E-state index contributed by atoms with van der Waals surface area (Å²) in [6.45, 7) is 2.46. The van der Waals surface area contributed by atoms with Gasteiger partial charge in [0.25, 0.3) is 0 Å². The van der Waals surface area contributed by atoms with Crippen LogP contribution in [0.4, 0.5) is 0 Å². The van der Waals surface area contributed by atoms with Crippen molar-refractivity contribution < 1.29 is 9.53 Å². The number of ether oxygens (including phenoxy) is 1. The zero-order valence-corrected chi connectivity index (χ0v) is 15.3. The molecule has 4 heteroatoms. The van der Waals surface area contributed by atoms with Gasteiger partial charge in [-0.2, -0.15) is 0 Å². The molecule has 1 aromatic heterocycles. The summed E-state index contributed by atoms with van der Waals surface area (Å²) < 4.78 is 7.89. The van der Waals surface area contributed by atoms with Crippen LogP contribution in [-0.2, 0) is 24.2 Å². The molecule has 26 heavy (non-hydrogen) atoms. The maximum atomic E-state index is 11.5. The van der Waals surface area contributed by atoms with Crippen LogP contribution in [0.25, 0.3) is 10.9 Å². The molecule has 0 aliphatic heterocycles. The van der Waals surface area contributed by atoms with Crippen LogP contribution in [0.2, 0.25) is 0 Å². The number of methoxy groups -OCH3 is 1. The third-order valence-corrected chi connectivity index (χ3v) is 5.26. The van der Waals surface area contributed by atoms with E-state index in [1.165, 1.54) is 27.7 Å². The van der Waals surface area contributed by atoms with Gasteiger partial charge >= 0.3 is 0 Å². The molecule has 0 saturated carbocycles. The summed E-state index contributed by atoms with van der Waals surface area (Å²) >= 11 is 0. The zero-order valence-electron chi connectivity index (χ0n) is 15.3. The first kappa shape index (κ1) is 16.7. The Bertz CT molecular complexity index is 944. The van der Waals surface area contributed by atoms with E-state index in [0.717, 1.165) is 31.6 Å². The van der Waals surface area contributed by atoms with Crippen molar-refractivity contribution in [3.8, 4) is 5.75 Å². The van der Waals surface area contributed by atoms with Crippen LogP contribution >= 0.6 is 0 Å². The summed E-state index contributed by atoms with van der Waals surface area (Å²) in [5.74, 6) is 0.919. The Balaban J connectivity index is 1.81. The Hall–Kier alpha value is -2.75. The molecule has 3 aromatic rings. The van der Waals surface area contributed by atoms with Gasteiger partial charge in [-0.1, -0.05) is 30.3 Å². The van der Waals surface area contributed by atoms with E-state index in [2.05, 4.69) is 52.3 Å². The third-order valence-electron chi connectivity index (χ3n) is 5.26. The number of aromatic nitrogens is 1. The van der Waals surface area contributed by atoms with Crippen LogP contribution in [0, 0.1) is 0 Å². The van der Waals surface area contributed by atoms with Crippen molar-refractivity contribution in [1.82, 2.24) is 9.88 Å². The number of nitrogens with zero attached hydrogens (tertiary/aromatic N) is 1. The average Bonchev–Trinajstić information content (AvgIpc) is 2.95. The predicted octanol–water partition coefficient (Wildman–Crippen LogP) is 3.69. The minimum absolute atomic E-state index is 0.0454. The van der Waals surface area contributed by atoms with Crippen LogP contribution in [0.1, 0.15) is 30.2 Å². The fourth-order valence-corrected chi connectivity index (χ4v) is 4.11. The molecule has 4 rings (SSSR count). The fraction of sp³-hybridized carbons (Fsp3) is 0.318. The summed E-state index contributed by atoms with van der Waals surface area (Å²) in [4.78, 5) is 11.5. The number of fused-ring (bicyclic) bond motifs is 3. The number of amides is 1. The van der Waals surface area contributed by atoms with E-state index in [-0.39, 0.29) is 11.9 Å². The van der Waals surface area contributed by atoms with Crippen LogP contribution in [0.3, 0.4) is 0 Å². The topological polar surface area (TPSA) is 43.3 Å². The van der Waals surface area contributed by atoms with Gasteiger partial charge in [0.2, 0.25) is 5.91 Å². The second kappa shape index (κ2) is 6.87. The predicted molar refractivity (Wildman–Crippen MR) is 104 cm³/mol. The van der Waals surface area contributed by atoms with Gasteiger partial charge < -0.3 is 14.6 Å². The quantitative estimate of drug-likeness (QED) is 0.781. The Labute approximate surface area is 153 Å². The molecule has 1 amide bonds. The van der Waals surface area contributed by atoms with Crippen molar-refractivity contribution in [3.05, 3.63) is 65.4 Å². The number of hydrogen-bond donors (Lipinski definition) is 1. The molecule has 0 saturated heterocycles. The van der Waals surface area contributed by atoms with E-state index in [1.807, 2.05) is 6.07 Å². The van der Waals surface area contributed by atoms with E-state index in [0.29, 0.717) is 0 Å². The lowest BCUT2D eigenvalue weighted by atomic mass is 9.91. The monoisotopic (exact) mass is 348 g/mol. The highest BCUT2D eigenvalue weighted by Crippen LogP contribution is 2.35. The number of hydrogen-bond acceptors (Lipinski definition) is 2. The summed E-state index contributed by atoms with van der Waals surface area (Å²) in [5.41, 5.74) is 5.27. The molecule has 1 heterocycles. The van der Waals surface area contributed by atoms with E-state index in [1.54, 1.807) is 14.0 Å². The second-order valence-corrected chi connectivity index (χ2v) is 7.02. The van der Waals surface area contributed by atoms with Crippen molar-refractivity contribution in [2.75, 3.05) is 7.11 Å². The maximum Gasteiger partial charge on any atom is 0.217 e. The molecule has 1 N–H and O–H groups in total. The van der Waals surface area contributed by atoms with E-state index < -0.39 is 0 Å². The van der Waals surface area contributed by atoms with E-state index >= 15 is 0 Å². The number of carbonyl (C=O) groups is 1. The molecule has 0 bridgehead atoms. The highest BCUT2D eigenvalue weighted by molar-refractivity contribution is 5.87. The Morgan fingerprint density at radius 1 is 1.23 bits per heavy atom. The SMILES string of the molecule is COc1ccc2c(c1)c1c(n2Cc2ccccc2)CCC(NC(C)=O)C1. The van der Waals surface area contributed by atoms with Gasteiger partial charge in [0.15, 0.2) is 0 Å². The van der Waals surface area contributed by atoms with Crippen molar-refractivity contribution in [1.29, 1.82) is 0 Å². The Morgan fingerprint density at radius 3 is 2.77 bits per heavy atom. The largest absolute Gasteiger partial charge is 0.497 e. The minimum atomic E-state index is 0.0454. The zero-order chi connectivity index (χ0) is 18.1. The smallest absolute Gasteiger partial charge is 0.217 e. The molecular weight excluding hydrogens is 324 g/mol. The average molecular weight is 348 g/mol. The Kier molecular flexibility index (Phi) is 4.41. The molecule has 0 fully saturated rings. The van der Waals surface area contributed by atoms with Gasteiger partial charge in [0.1, 0.15) is 5.75 Å². The van der Waals surface area contributed by atoms with Crippen molar-refractivity contribution >= 4 is 16.8 Å². The number of nitrogens with one attached hydrogen (secondary N) is 1. The molecule has 1 unspecified atom stereocenters. The van der Waals surface area contributed by atoms with Gasteiger partial charge in [-0.05, 0) is 48.6 Å². The van der Waals surface area contributed by atoms with Crippen LogP contribution in [0.5, 0.6) is 5.75 Å². The van der Waals surface area contributed by atoms with Gasteiger partial charge in [0, 0.05) is 36.1 Å². The highest BCUT2D eigenvalue weighted by atomic mass is 16.5. The number of rotatable bonds is 4. The van der Waals surface area contributed by atoms with Gasteiger partial charge in [-0.25, -0.2) is 0 Å². The standard InChI is InChI=1S/C22H24N2O2/c1-15(25)23-17-8-10-21-19(12-17)20-13-18(26-2)9-11-22(20)24(21)14-16-6-4-3-5-7-16/h3-7,9,11,13,17H,8,10,12,14H2,1-2H3,(H,23,25). The normalized spacial score (nSPS) is 16.3. The minimum Gasteiger partial charge on any atom is -0.497 e. The lowest BCUT2D eigenvalue weighted by Gasteiger charge is -2.24. The molecule has 1 aliphatic rings. The van der Waals surface area contributed by atoms with E-state index in [4.69, 9.17) is 4.74 Å². The summed E-state index contributed by atoms with van der Waals surface area (Å²) in [7, 11) is 1.70. The number of benzene rings is 2. The second-order valence-electron chi connectivity index (χ2n) is 7.02. The molecule has 0 spiro atoms. The molecule has 134 valence electrons. The third kappa shape index (κ3) is 3.07. The molecule has 4 nitrogen and oxygen atoms in total. The molecule has 2 aromatic carbocycles. The van der Waals surface area contributed by atoms with Crippen molar-refractivity contribution in [3.63, 3.8) is 0 Å². The first-order valence-corrected chi connectivity index (χ1v) is 9.14. The summed E-state index contributed by atoms with van der Waals surface area (Å²) in [6.07, 6.45) is 2.83. The first-order chi connectivity index (χ1) is 12.7. The number of carbonyl (C=O) groups excluding carboxylic acids is 1. The lowest BCUT2D eigenvalue weighted by molar-refractivity contribution is -0.119. The lowest BCUT2D eigenvalue weighted by Crippen LogP contribution is -2.37. The molecule has 1 atom stereocenters. The molecular formula is C22H24N2O2. The summed E-state index contributed by atoms with van der Waals surface area (Å²) in [5, 5.41) is 4.34. The molecule has 0 radical (unpaired) electrons. The van der Waals surface area contributed by atoms with Gasteiger partial charge in [-0.15, -0.1) is 0 Å². The van der Waals surface area contributed by atoms with Crippen molar-refractivity contribution in [2.45, 2.75) is 38.8 Å². The van der Waals surface area contributed by atoms with Gasteiger partial charge in [-0.3, -0.25) is 4.79 Å². The Morgan fingerprint density at radius 2 is 2.04 bits per heavy atom. The summed E-state index contributed by atoms with van der Waals surface area (Å²) in [6, 6.07) is 17.1. The van der Waals surface area contributed by atoms with Crippen molar-refractivity contribution in [2.24, 2.45) is 0 Å². The first-order valence-electron chi connectivity index (χ1n) is 9.14. The molecule has 1 aliphatic carbocycles.